The molecular formula is C13H20N4O. The van der Waals surface area contributed by atoms with Crippen molar-refractivity contribution in [1.82, 2.24) is 4.90 Å². The lowest BCUT2D eigenvalue weighted by Gasteiger charge is -2.35. The highest BCUT2D eigenvalue weighted by Crippen LogP contribution is 2.20. The number of hydrogen-bond donors (Lipinski definition) is 1. The number of nitrogens with two attached hydrogens (primary N) is 1. The minimum Gasteiger partial charge on any atom is -0.378 e. The first kappa shape index (κ1) is 12.5. The van der Waals surface area contributed by atoms with Gasteiger partial charge in [0, 0.05) is 51.6 Å². The molecule has 1 aromatic carbocycles. The van der Waals surface area contributed by atoms with Crippen LogP contribution in [-0.4, -0.2) is 51.2 Å². The summed E-state index contributed by atoms with van der Waals surface area (Å²) in [5, 5.41) is 0. The van der Waals surface area contributed by atoms with Crippen LogP contribution in [0.5, 0.6) is 0 Å². The summed E-state index contributed by atoms with van der Waals surface area (Å²) in [4.78, 5) is 17.1. The third-order valence-electron chi connectivity index (χ3n) is 3.32. The fraction of sp³-hybridized carbons (Fsp3) is 0.462. The topological polar surface area (TPSA) is 52.8 Å². The second-order valence-electron chi connectivity index (χ2n) is 4.72. The molecule has 2 N–H and O–H groups in total. The van der Waals surface area contributed by atoms with Gasteiger partial charge < -0.3 is 20.4 Å². The summed E-state index contributed by atoms with van der Waals surface area (Å²) < 4.78 is 0. The van der Waals surface area contributed by atoms with E-state index < -0.39 is 0 Å². The summed E-state index contributed by atoms with van der Waals surface area (Å²) in [6, 6.07) is 8.13. The van der Waals surface area contributed by atoms with E-state index in [-0.39, 0.29) is 6.03 Å². The van der Waals surface area contributed by atoms with Gasteiger partial charge in [-0.05, 0) is 24.3 Å². The number of amides is 2. The highest BCUT2D eigenvalue weighted by Gasteiger charge is 2.19. The number of rotatable bonds is 2. The molecule has 0 aromatic heterocycles. The Labute approximate surface area is 108 Å². The highest BCUT2D eigenvalue weighted by atomic mass is 16.2. The van der Waals surface area contributed by atoms with Crippen molar-refractivity contribution in [2.24, 2.45) is 5.73 Å². The Kier molecular flexibility index (Phi) is 3.60. The van der Waals surface area contributed by atoms with Crippen LogP contribution in [0.15, 0.2) is 24.3 Å². The minimum atomic E-state index is -0.322. The fourth-order valence-corrected chi connectivity index (χ4v) is 2.15. The Balaban J connectivity index is 1.99. The second-order valence-corrected chi connectivity index (χ2v) is 4.72. The van der Waals surface area contributed by atoms with Gasteiger partial charge in [0.1, 0.15) is 0 Å². The number of carbonyl (C=O) groups excluding carboxylic acids is 1. The molecule has 1 aliphatic rings. The van der Waals surface area contributed by atoms with Crippen LogP contribution >= 0.6 is 0 Å². The van der Waals surface area contributed by atoms with E-state index in [1.165, 1.54) is 11.4 Å². The summed E-state index contributed by atoms with van der Waals surface area (Å²) in [6.07, 6.45) is 0. The van der Waals surface area contributed by atoms with Gasteiger partial charge in [0.15, 0.2) is 0 Å². The average molecular weight is 248 g/mol. The van der Waals surface area contributed by atoms with Gasteiger partial charge in [-0.15, -0.1) is 0 Å². The molecule has 1 fully saturated rings. The maximum absolute atomic E-state index is 11.0. The Bertz CT molecular complexity index is 408. The van der Waals surface area contributed by atoms with E-state index in [0.29, 0.717) is 13.1 Å². The first-order valence-corrected chi connectivity index (χ1v) is 6.14. The average Bonchev–Trinajstić information content (AvgIpc) is 2.39. The molecule has 5 nitrogen and oxygen atoms in total. The standard InChI is InChI=1S/C13H20N4O/c1-15(2)11-3-5-12(6-4-11)16-7-9-17(10-8-16)13(14)18/h3-6H,7-10H2,1-2H3,(H2,14,18). The first-order chi connectivity index (χ1) is 8.58. The molecule has 0 unspecified atom stereocenters. The molecule has 1 saturated heterocycles. The van der Waals surface area contributed by atoms with Crippen molar-refractivity contribution in [1.29, 1.82) is 0 Å². The normalized spacial score (nSPS) is 15.7. The van der Waals surface area contributed by atoms with Crippen molar-refractivity contribution in [2.75, 3.05) is 50.1 Å². The SMILES string of the molecule is CN(C)c1ccc(N2CCN(C(N)=O)CC2)cc1. The van der Waals surface area contributed by atoms with Crippen molar-refractivity contribution in [3.8, 4) is 0 Å². The van der Waals surface area contributed by atoms with E-state index in [4.69, 9.17) is 5.73 Å². The molecule has 0 radical (unpaired) electrons. The zero-order valence-corrected chi connectivity index (χ0v) is 11.0. The third kappa shape index (κ3) is 2.67. The number of nitrogens with zero attached hydrogens (tertiary/aromatic N) is 3. The summed E-state index contributed by atoms with van der Waals surface area (Å²) in [6.45, 7) is 3.07. The van der Waals surface area contributed by atoms with Gasteiger partial charge in [0.05, 0.1) is 0 Å². The van der Waals surface area contributed by atoms with Gasteiger partial charge in [-0.25, -0.2) is 4.79 Å². The number of primary amides is 1. The number of urea groups is 1. The summed E-state index contributed by atoms with van der Waals surface area (Å²) >= 11 is 0. The largest absolute Gasteiger partial charge is 0.378 e. The van der Waals surface area contributed by atoms with Crippen LogP contribution in [0.1, 0.15) is 0 Å². The van der Waals surface area contributed by atoms with Crippen LogP contribution in [0, 0.1) is 0 Å². The Morgan fingerprint density at radius 2 is 1.67 bits per heavy atom. The Morgan fingerprint density at radius 3 is 2.11 bits per heavy atom. The smallest absolute Gasteiger partial charge is 0.314 e. The Morgan fingerprint density at radius 1 is 1.11 bits per heavy atom. The lowest BCUT2D eigenvalue weighted by atomic mass is 10.2. The van der Waals surface area contributed by atoms with Crippen LogP contribution in [0.2, 0.25) is 0 Å². The van der Waals surface area contributed by atoms with Gasteiger partial charge in [-0.3, -0.25) is 0 Å². The monoisotopic (exact) mass is 248 g/mol. The van der Waals surface area contributed by atoms with Gasteiger partial charge in [0.25, 0.3) is 0 Å². The summed E-state index contributed by atoms with van der Waals surface area (Å²) in [5.41, 5.74) is 7.66. The number of piperazine rings is 1. The van der Waals surface area contributed by atoms with E-state index in [0.717, 1.165) is 13.1 Å². The molecule has 1 aliphatic heterocycles. The van der Waals surface area contributed by atoms with Crippen molar-refractivity contribution >= 4 is 17.4 Å². The lowest BCUT2D eigenvalue weighted by Crippen LogP contribution is -2.50. The molecular weight excluding hydrogens is 228 g/mol. The Hall–Kier alpha value is -1.91. The molecule has 1 aromatic rings. The van der Waals surface area contributed by atoms with Crippen LogP contribution in [0.3, 0.4) is 0 Å². The molecule has 2 amide bonds. The second kappa shape index (κ2) is 5.16. The number of hydrogen-bond acceptors (Lipinski definition) is 3. The van der Waals surface area contributed by atoms with Crippen LogP contribution in [-0.2, 0) is 0 Å². The molecule has 1 heterocycles. The molecule has 18 heavy (non-hydrogen) atoms. The lowest BCUT2D eigenvalue weighted by molar-refractivity contribution is 0.204. The van der Waals surface area contributed by atoms with E-state index in [2.05, 4.69) is 34.1 Å². The van der Waals surface area contributed by atoms with Crippen molar-refractivity contribution in [2.45, 2.75) is 0 Å². The molecule has 0 aliphatic carbocycles. The summed E-state index contributed by atoms with van der Waals surface area (Å²) in [5.74, 6) is 0. The molecule has 98 valence electrons. The predicted molar refractivity (Wildman–Crippen MR) is 74.1 cm³/mol. The molecule has 0 atom stereocenters. The van der Waals surface area contributed by atoms with Crippen molar-refractivity contribution in [3.05, 3.63) is 24.3 Å². The quantitative estimate of drug-likeness (QED) is 0.848. The molecule has 0 saturated carbocycles. The number of anilines is 2. The van der Waals surface area contributed by atoms with Gasteiger partial charge in [0.2, 0.25) is 0 Å². The predicted octanol–water partition coefficient (Wildman–Crippen LogP) is 0.953. The molecule has 0 spiro atoms. The van der Waals surface area contributed by atoms with E-state index in [1.807, 2.05) is 14.1 Å². The van der Waals surface area contributed by atoms with E-state index >= 15 is 0 Å². The van der Waals surface area contributed by atoms with Crippen LogP contribution < -0.4 is 15.5 Å². The summed E-state index contributed by atoms with van der Waals surface area (Å²) in [7, 11) is 4.06. The minimum absolute atomic E-state index is 0.322. The number of carbonyl (C=O) groups is 1. The van der Waals surface area contributed by atoms with Gasteiger partial charge in [-0.2, -0.15) is 0 Å². The zero-order valence-electron chi connectivity index (χ0n) is 11.0. The molecule has 2 rings (SSSR count). The maximum atomic E-state index is 11.0. The first-order valence-electron chi connectivity index (χ1n) is 6.14. The van der Waals surface area contributed by atoms with Crippen molar-refractivity contribution < 1.29 is 4.79 Å². The van der Waals surface area contributed by atoms with Gasteiger partial charge in [-0.1, -0.05) is 0 Å². The zero-order chi connectivity index (χ0) is 13.1. The maximum Gasteiger partial charge on any atom is 0.314 e. The fourth-order valence-electron chi connectivity index (χ4n) is 2.15. The van der Waals surface area contributed by atoms with E-state index in [1.54, 1.807) is 4.90 Å². The third-order valence-corrected chi connectivity index (χ3v) is 3.32. The van der Waals surface area contributed by atoms with Gasteiger partial charge >= 0.3 is 6.03 Å². The van der Waals surface area contributed by atoms with Crippen LogP contribution in [0.4, 0.5) is 16.2 Å². The van der Waals surface area contributed by atoms with E-state index in [9.17, 15) is 4.79 Å². The van der Waals surface area contributed by atoms with Crippen LogP contribution in [0.25, 0.3) is 0 Å². The van der Waals surface area contributed by atoms with Crippen molar-refractivity contribution in [3.63, 3.8) is 0 Å². The molecule has 5 heteroatoms. The number of benzene rings is 1. The highest BCUT2D eigenvalue weighted by molar-refractivity contribution is 5.72. The molecule has 0 bridgehead atoms.